The van der Waals surface area contributed by atoms with Crippen molar-refractivity contribution in [2.45, 2.75) is 30.6 Å². The molecule has 0 N–H and O–H groups in total. The number of methoxy groups -OCH3 is 1. The standard InChI is InChI=1S/C22H24F2N2O4S/c1-30-17-4-7-21-16(13-17)3-2-10-26(21)22(27)15-8-11-25(12-9-15)31(28,29)18-5-6-19(23)20(24)14-18/h4-7,13-15H,2-3,8-12H2,1H3. The first-order valence-corrected chi connectivity index (χ1v) is 11.7. The summed E-state index contributed by atoms with van der Waals surface area (Å²) in [5, 5.41) is 0. The maximum Gasteiger partial charge on any atom is 0.243 e. The van der Waals surface area contributed by atoms with E-state index in [2.05, 4.69) is 0 Å². The zero-order chi connectivity index (χ0) is 22.2. The van der Waals surface area contributed by atoms with Crippen LogP contribution >= 0.6 is 0 Å². The number of halogens is 2. The molecule has 0 unspecified atom stereocenters. The zero-order valence-corrected chi connectivity index (χ0v) is 18.0. The largest absolute Gasteiger partial charge is 0.497 e. The minimum atomic E-state index is -3.94. The van der Waals surface area contributed by atoms with Gasteiger partial charge >= 0.3 is 0 Å². The van der Waals surface area contributed by atoms with Crippen LogP contribution in [-0.2, 0) is 21.2 Å². The smallest absolute Gasteiger partial charge is 0.243 e. The van der Waals surface area contributed by atoms with Crippen molar-refractivity contribution in [2.75, 3.05) is 31.6 Å². The second-order valence-corrected chi connectivity index (χ2v) is 9.78. The van der Waals surface area contributed by atoms with Crippen molar-refractivity contribution in [2.24, 2.45) is 5.92 Å². The molecule has 4 rings (SSSR count). The molecule has 2 aliphatic rings. The van der Waals surface area contributed by atoms with Gasteiger partial charge in [-0.05, 0) is 67.6 Å². The molecule has 9 heteroatoms. The summed E-state index contributed by atoms with van der Waals surface area (Å²) in [7, 11) is -2.34. The van der Waals surface area contributed by atoms with Crippen LogP contribution in [0.5, 0.6) is 5.75 Å². The maximum atomic E-state index is 13.5. The second kappa shape index (κ2) is 8.55. The van der Waals surface area contributed by atoms with Crippen LogP contribution < -0.4 is 9.64 Å². The molecule has 0 aliphatic carbocycles. The summed E-state index contributed by atoms with van der Waals surface area (Å²) in [6.07, 6.45) is 2.49. The molecule has 6 nitrogen and oxygen atoms in total. The van der Waals surface area contributed by atoms with Crippen LogP contribution in [0.4, 0.5) is 14.5 Å². The Balaban J connectivity index is 1.46. The lowest BCUT2D eigenvalue weighted by atomic mass is 9.94. The summed E-state index contributed by atoms with van der Waals surface area (Å²) in [5.74, 6) is -1.83. The number of ether oxygens (including phenoxy) is 1. The molecule has 2 aromatic rings. The van der Waals surface area contributed by atoms with Gasteiger partial charge in [-0.15, -0.1) is 0 Å². The molecule has 0 saturated carbocycles. The van der Waals surface area contributed by atoms with Gasteiger partial charge in [0.05, 0.1) is 12.0 Å². The van der Waals surface area contributed by atoms with E-state index in [9.17, 15) is 22.0 Å². The van der Waals surface area contributed by atoms with E-state index >= 15 is 0 Å². The Hall–Kier alpha value is -2.52. The third kappa shape index (κ3) is 4.16. The average molecular weight is 451 g/mol. The molecule has 1 amide bonds. The van der Waals surface area contributed by atoms with E-state index in [1.807, 2.05) is 18.2 Å². The van der Waals surface area contributed by atoms with Crippen LogP contribution in [0.1, 0.15) is 24.8 Å². The van der Waals surface area contributed by atoms with Crippen molar-refractivity contribution < 1.29 is 26.7 Å². The molecule has 31 heavy (non-hydrogen) atoms. The normalized spacial score (nSPS) is 18.0. The molecule has 1 saturated heterocycles. The predicted molar refractivity (Wildman–Crippen MR) is 112 cm³/mol. The van der Waals surface area contributed by atoms with Gasteiger partial charge in [0.15, 0.2) is 11.6 Å². The number of rotatable bonds is 4. The van der Waals surface area contributed by atoms with Crippen LogP contribution in [-0.4, -0.2) is 45.4 Å². The number of anilines is 1. The van der Waals surface area contributed by atoms with Crippen molar-refractivity contribution in [3.63, 3.8) is 0 Å². The number of amides is 1. The lowest BCUT2D eigenvalue weighted by Gasteiger charge is -2.36. The minimum Gasteiger partial charge on any atom is -0.497 e. The average Bonchev–Trinajstić information content (AvgIpc) is 2.79. The first-order valence-electron chi connectivity index (χ1n) is 10.2. The van der Waals surface area contributed by atoms with E-state index in [1.54, 1.807) is 12.0 Å². The summed E-state index contributed by atoms with van der Waals surface area (Å²) in [6, 6.07) is 8.24. The molecule has 2 aliphatic heterocycles. The van der Waals surface area contributed by atoms with Crippen LogP contribution in [0.2, 0.25) is 0 Å². The monoisotopic (exact) mass is 450 g/mol. The van der Waals surface area contributed by atoms with Crippen molar-refractivity contribution in [3.8, 4) is 5.75 Å². The molecule has 0 spiro atoms. The highest BCUT2D eigenvalue weighted by Gasteiger charge is 2.35. The molecule has 0 aromatic heterocycles. The molecule has 0 radical (unpaired) electrons. The topological polar surface area (TPSA) is 66.9 Å². The lowest BCUT2D eigenvalue weighted by molar-refractivity contribution is -0.123. The summed E-state index contributed by atoms with van der Waals surface area (Å²) in [4.78, 5) is 14.7. The van der Waals surface area contributed by atoms with Gasteiger partial charge in [-0.1, -0.05) is 0 Å². The quantitative estimate of drug-likeness (QED) is 0.717. The number of nitrogens with zero attached hydrogens (tertiary/aromatic N) is 2. The molecule has 166 valence electrons. The van der Waals surface area contributed by atoms with Gasteiger partial charge in [0.2, 0.25) is 15.9 Å². The lowest BCUT2D eigenvalue weighted by Crippen LogP contribution is -2.45. The van der Waals surface area contributed by atoms with Crippen LogP contribution in [0.15, 0.2) is 41.3 Å². The number of sulfonamides is 1. The van der Waals surface area contributed by atoms with Gasteiger partial charge in [0, 0.05) is 31.2 Å². The fourth-order valence-corrected chi connectivity index (χ4v) is 5.76. The Morgan fingerprint density at radius 1 is 1.03 bits per heavy atom. The Morgan fingerprint density at radius 3 is 2.45 bits per heavy atom. The predicted octanol–water partition coefficient (Wildman–Crippen LogP) is 3.35. The summed E-state index contributed by atoms with van der Waals surface area (Å²) < 4.78 is 58.7. The van der Waals surface area contributed by atoms with E-state index in [1.165, 1.54) is 4.31 Å². The van der Waals surface area contributed by atoms with Crippen molar-refractivity contribution in [1.82, 2.24) is 4.31 Å². The highest BCUT2D eigenvalue weighted by Crippen LogP contribution is 2.33. The highest BCUT2D eigenvalue weighted by atomic mass is 32.2. The second-order valence-electron chi connectivity index (χ2n) is 7.84. The zero-order valence-electron chi connectivity index (χ0n) is 17.2. The van der Waals surface area contributed by atoms with Crippen molar-refractivity contribution in [1.29, 1.82) is 0 Å². The SMILES string of the molecule is COc1ccc2c(c1)CCCN2C(=O)C1CCN(S(=O)(=O)c2ccc(F)c(F)c2)CC1. The number of aryl methyl sites for hydroxylation is 1. The van der Waals surface area contributed by atoms with Gasteiger partial charge in [-0.2, -0.15) is 4.31 Å². The molecule has 0 atom stereocenters. The van der Waals surface area contributed by atoms with Gasteiger partial charge in [0.25, 0.3) is 0 Å². The number of fused-ring (bicyclic) bond motifs is 1. The fourth-order valence-electron chi connectivity index (χ4n) is 4.28. The Kier molecular flexibility index (Phi) is 5.98. The van der Waals surface area contributed by atoms with E-state index < -0.39 is 21.7 Å². The Labute approximate surface area is 180 Å². The summed E-state index contributed by atoms with van der Waals surface area (Å²) >= 11 is 0. The Morgan fingerprint density at radius 2 is 1.77 bits per heavy atom. The third-order valence-corrected chi connectivity index (χ3v) is 7.90. The first kappa shape index (κ1) is 21.7. The number of carbonyl (C=O) groups excluding carboxylic acids is 1. The Bertz CT molecular complexity index is 1100. The first-order chi connectivity index (χ1) is 14.8. The van der Waals surface area contributed by atoms with Crippen molar-refractivity contribution >= 4 is 21.6 Å². The molecule has 2 aromatic carbocycles. The molecule has 1 fully saturated rings. The third-order valence-electron chi connectivity index (χ3n) is 6.00. The van der Waals surface area contributed by atoms with E-state index in [-0.39, 0.29) is 29.8 Å². The molecular weight excluding hydrogens is 426 g/mol. The highest BCUT2D eigenvalue weighted by molar-refractivity contribution is 7.89. The van der Waals surface area contributed by atoms with Crippen molar-refractivity contribution in [3.05, 3.63) is 53.6 Å². The van der Waals surface area contributed by atoms with E-state index in [4.69, 9.17) is 4.74 Å². The molecule has 2 heterocycles. The fraction of sp³-hybridized carbons (Fsp3) is 0.409. The van der Waals surface area contributed by atoms with E-state index in [0.717, 1.165) is 42.0 Å². The number of hydrogen-bond acceptors (Lipinski definition) is 4. The maximum absolute atomic E-state index is 13.5. The summed E-state index contributed by atoms with van der Waals surface area (Å²) in [6.45, 7) is 0.938. The summed E-state index contributed by atoms with van der Waals surface area (Å²) in [5.41, 5.74) is 1.95. The van der Waals surface area contributed by atoms with Crippen LogP contribution in [0, 0.1) is 17.6 Å². The number of benzene rings is 2. The minimum absolute atomic E-state index is 0.00371. The van der Waals surface area contributed by atoms with Gasteiger partial charge < -0.3 is 9.64 Å². The molecule has 0 bridgehead atoms. The number of carbonyl (C=O) groups is 1. The van der Waals surface area contributed by atoms with E-state index in [0.29, 0.717) is 25.5 Å². The molecular formula is C22H24F2N2O4S. The van der Waals surface area contributed by atoms with Gasteiger partial charge in [-0.25, -0.2) is 17.2 Å². The van der Waals surface area contributed by atoms with Crippen LogP contribution in [0.25, 0.3) is 0 Å². The van der Waals surface area contributed by atoms with Gasteiger partial charge in [-0.3, -0.25) is 4.79 Å². The number of piperidine rings is 1. The van der Waals surface area contributed by atoms with Crippen LogP contribution in [0.3, 0.4) is 0 Å². The number of hydrogen-bond donors (Lipinski definition) is 0. The van der Waals surface area contributed by atoms with Gasteiger partial charge in [0.1, 0.15) is 5.75 Å².